The Bertz CT molecular complexity index is 1320. The molecule has 3 aromatic rings. The van der Waals surface area contributed by atoms with Gasteiger partial charge in [0.25, 0.3) is 15.9 Å². The van der Waals surface area contributed by atoms with Crippen LogP contribution in [0.15, 0.2) is 71.6 Å². The second kappa shape index (κ2) is 8.68. The van der Waals surface area contributed by atoms with E-state index in [0.717, 1.165) is 39.7 Å². The molecule has 1 amide bonds. The number of halogens is 3. The first kappa shape index (κ1) is 23.6. The van der Waals surface area contributed by atoms with Gasteiger partial charge in [-0.05, 0) is 67.9 Å². The van der Waals surface area contributed by atoms with Crippen LogP contribution in [0.2, 0.25) is 0 Å². The quantitative estimate of drug-likeness (QED) is 0.564. The highest BCUT2D eigenvalue weighted by atomic mass is 32.2. The van der Waals surface area contributed by atoms with Crippen LogP contribution in [0.5, 0.6) is 5.75 Å². The molecule has 0 radical (unpaired) electrons. The van der Waals surface area contributed by atoms with Gasteiger partial charge in [0.2, 0.25) is 0 Å². The number of hydrogen-bond donors (Lipinski definition) is 1. The number of anilines is 2. The number of carbonyl (C=O) groups is 1. The summed E-state index contributed by atoms with van der Waals surface area (Å²) in [4.78, 5) is 13.0. The molecule has 0 unspecified atom stereocenters. The lowest BCUT2D eigenvalue weighted by atomic mass is 10.1. The van der Waals surface area contributed by atoms with Crippen molar-refractivity contribution in [1.82, 2.24) is 0 Å². The van der Waals surface area contributed by atoms with E-state index < -0.39 is 33.8 Å². The minimum atomic E-state index is -4.50. The normalized spacial score (nSPS) is 15.9. The Kier molecular flexibility index (Phi) is 6.03. The summed E-state index contributed by atoms with van der Waals surface area (Å²) in [6, 6.07) is 15.3. The zero-order chi connectivity index (χ0) is 24.7. The molecule has 1 atom stereocenters. The van der Waals surface area contributed by atoms with Gasteiger partial charge >= 0.3 is 6.18 Å². The predicted molar refractivity (Wildman–Crippen MR) is 121 cm³/mol. The second-order valence-corrected chi connectivity index (χ2v) is 9.85. The van der Waals surface area contributed by atoms with Gasteiger partial charge in [0.15, 0.2) is 6.10 Å². The molecule has 0 spiro atoms. The first-order valence-electron chi connectivity index (χ1n) is 10.3. The van der Waals surface area contributed by atoms with Crippen molar-refractivity contribution in [2.24, 2.45) is 0 Å². The van der Waals surface area contributed by atoms with Crippen LogP contribution in [0.3, 0.4) is 0 Å². The van der Waals surface area contributed by atoms with Gasteiger partial charge < -0.3 is 10.1 Å². The number of rotatable bonds is 4. The Morgan fingerprint density at radius 2 is 1.59 bits per heavy atom. The number of nitrogens with one attached hydrogen (secondary N) is 1. The number of fused-ring (bicyclic) bond motifs is 1. The zero-order valence-corrected chi connectivity index (χ0v) is 19.1. The molecule has 0 aliphatic carbocycles. The zero-order valence-electron chi connectivity index (χ0n) is 18.3. The summed E-state index contributed by atoms with van der Waals surface area (Å²) in [6.07, 6.45) is -5.72. The SMILES string of the molecule is Cc1ccc(S(=O)(=O)N2C[C@@H](C(=O)Nc3ccc(C(F)(F)F)cc3)Oc3ccc(C)cc32)cc1. The number of nitrogens with zero attached hydrogens (tertiary/aromatic N) is 1. The number of ether oxygens (including phenoxy) is 1. The highest BCUT2D eigenvalue weighted by molar-refractivity contribution is 7.92. The standard InChI is InChI=1S/C24H21F3N2O4S/c1-15-3-10-19(11-4-15)34(31,32)29-14-22(33-21-12-5-16(2)13-20(21)29)23(30)28-18-8-6-17(7-9-18)24(25,26)27/h3-13,22H,14H2,1-2H3,(H,28,30)/t22-/m0/s1. The summed E-state index contributed by atoms with van der Waals surface area (Å²) < 4.78 is 72.2. The first-order chi connectivity index (χ1) is 15.9. The minimum absolute atomic E-state index is 0.0642. The molecule has 1 heterocycles. The Labute approximate surface area is 195 Å². The van der Waals surface area contributed by atoms with E-state index in [2.05, 4.69) is 5.32 Å². The molecule has 3 aromatic carbocycles. The van der Waals surface area contributed by atoms with Crippen LogP contribution in [0.4, 0.5) is 24.5 Å². The van der Waals surface area contributed by atoms with E-state index >= 15 is 0 Å². The van der Waals surface area contributed by atoms with Crippen LogP contribution >= 0.6 is 0 Å². The van der Waals surface area contributed by atoms with Crippen LogP contribution in [-0.2, 0) is 21.0 Å². The molecular formula is C24H21F3N2O4S. The summed E-state index contributed by atoms with van der Waals surface area (Å²) in [6.45, 7) is 3.34. The molecule has 1 aliphatic heterocycles. The van der Waals surface area contributed by atoms with Crippen molar-refractivity contribution < 1.29 is 31.1 Å². The minimum Gasteiger partial charge on any atom is -0.476 e. The highest BCUT2D eigenvalue weighted by Crippen LogP contribution is 2.38. The third kappa shape index (κ3) is 4.72. The monoisotopic (exact) mass is 490 g/mol. The van der Waals surface area contributed by atoms with Gasteiger partial charge in [-0.2, -0.15) is 13.2 Å². The summed E-state index contributed by atoms with van der Waals surface area (Å²) in [5.41, 5.74) is 1.28. The van der Waals surface area contributed by atoms with E-state index in [1.165, 1.54) is 12.1 Å². The lowest BCUT2D eigenvalue weighted by molar-refractivity contribution is -0.137. The van der Waals surface area contributed by atoms with E-state index in [1.54, 1.807) is 37.3 Å². The van der Waals surface area contributed by atoms with E-state index in [-0.39, 0.29) is 22.9 Å². The molecule has 1 aliphatic rings. The number of alkyl halides is 3. The lowest BCUT2D eigenvalue weighted by Crippen LogP contribution is -2.48. The van der Waals surface area contributed by atoms with Crippen molar-refractivity contribution in [2.75, 3.05) is 16.2 Å². The largest absolute Gasteiger partial charge is 0.476 e. The van der Waals surface area contributed by atoms with Crippen LogP contribution in [0.1, 0.15) is 16.7 Å². The van der Waals surface area contributed by atoms with E-state index in [4.69, 9.17) is 4.74 Å². The maximum absolute atomic E-state index is 13.5. The van der Waals surface area contributed by atoms with E-state index in [1.807, 2.05) is 6.92 Å². The van der Waals surface area contributed by atoms with Gasteiger partial charge in [0.1, 0.15) is 5.75 Å². The number of carbonyl (C=O) groups excluding carboxylic acids is 1. The van der Waals surface area contributed by atoms with Crippen molar-refractivity contribution >= 4 is 27.3 Å². The fourth-order valence-corrected chi connectivity index (χ4v) is 5.00. The number of sulfonamides is 1. The maximum atomic E-state index is 13.5. The van der Waals surface area contributed by atoms with Crippen LogP contribution in [0, 0.1) is 13.8 Å². The predicted octanol–water partition coefficient (Wildman–Crippen LogP) is 4.92. The summed E-state index contributed by atoms with van der Waals surface area (Å²) >= 11 is 0. The van der Waals surface area contributed by atoms with Crippen molar-refractivity contribution in [3.63, 3.8) is 0 Å². The van der Waals surface area contributed by atoms with Crippen LogP contribution in [0.25, 0.3) is 0 Å². The molecule has 10 heteroatoms. The molecule has 0 aromatic heterocycles. The van der Waals surface area contributed by atoms with Crippen LogP contribution in [-0.4, -0.2) is 27.0 Å². The Hall–Kier alpha value is -3.53. The Balaban J connectivity index is 1.63. The molecule has 0 saturated carbocycles. The molecule has 4 rings (SSSR count). The number of amides is 1. The average molecular weight is 491 g/mol. The van der Waals surface area contributed by atoms with Gasteiger partial charge in [-0.25, -0.2) is 8.42 Å². The number of benzene rings is 3. The Morgan fingerprint density at radius 3 is 2.21 bits per heavy atom. The van der Waals surface area contributed by atoms with E-state index in [0.29, 0.717) is 5.69 Å². The van der Waals surface area contributed by atoms with Crippen molar-refractivity contribution in [2.45, 2.75) is 31.0 Å². The number of aryl methyl sites for hydroxylation is 2. The molecule has 0 bridgehead atoms. The molecule has 34 heavy (non-hydrogen) atoms. The molecular weight excluding hydrogens is 469 g/mol. The molecule has 1 N–H and O–H groups in total. The fraction of sp³-hybridized carbons (Fsp3) is 0.208. The smallest absolute Gasteiger partial charge is 0.416 e. The topological polar surface area (TPSA) is 75.7 Å². The Morgan fingerprint density at radius 1 is 0.971 bits per heavy atom. The molecule has 6 nitrogen and oxygen atoms in total. The third-order valence-corrected chi connectivity index (χ3v) is 7.16. The van der Waals surface area contributed by atoms with Gasteiger partial charge in [0.05, 0.1) is 22.7 Å². The van der Waals surface area contributed by atoms with Gasteiger partial charge in [-0.3, -0.25) is 9.10 Å². The van der Waals surface area contributed by atoms with Crippen LogP contribution < -0.4 is 14.4 Å². The van der Waals surface area contributed by atoms with Crippen molar-refractivity contribution in [1.29, 1.82) is 0 Å². The number of hydrogen-bond acceptors (Lipinski definition) is 4. The summed E-state index contributed by atoms with van der Waals surface area (Å²) in [5.74, 6) is -0.477. The van der Waals surface area contributed by atoms with E-state index in [9.17, 15) is 26.4 Å². The summed E-state index contributed by atoms with van der Waals surface area (Å²) in [5, 5.41) is 2.50. The first-order valence-corrected chi connectivity index (χ1v) is 11.7. The fourth-order valence-electron chi connectivity index (χ4n) is 3.53. The lowest BCUT2D eigenvalue weighted by Gasteiger charge is -2.35. The van der Waals surface area contributed by atoms with Crippen molar-refractivity contribution in [3.05, 3.63) is 83.4 Å². The second-order valence-electron chi connectivity index (χ2n) is 7.99. The van der Waals surface area contributed by atoms with Gasteiger partial charge in [0, 0.05) is 5.69 Å². The average Bonchev–Trinajstić information content (AvgIpc) is 2.78. The summed E-state index contributed by atoms with van der Waals surface area (Å²) in [7, 11) is -4.02. The molecule has 0 fully saturated rings. The van der Waals surface area contributed by atoms with Gasteiger partial charge in [-0.15, -0.1) is 0 Å². The third-order valence-electron chi connectivity index (χ3n) is 5.37. The molecule has 178 valence electrons. The van der Waals surface area contributed by atoms with Gasteiger partial charge in [-0.1, -0.05) is 23.8 Å². The maximum Gasteiger partial charge on any atom is 0.416 e. The highest BCUT2D eigenvalue weighted by Gasteiger charge is 2.38. The van der Waals surface area contributed by atoms with Crippen molar-refractivity contribution in [3.8, 4) is 5.75 Å². The molecule has 0 saturated heterocycles.